The molecule has 1 aliphatic carbocycles. The predicted molar refractivity (Wildman–Crippen MR) is 54.3 cm³/mol. The molecule has 3 atom stereocenters. The van der Waals surface area contributed by atoms with Gasteiger partial charge in [-0.2, -0.15) is 0 Å². The topological polar surface area (TPSA) is 50.1 Å². The van der Waals surface area contributed by atoms with Gasteiger partial charge in [0.2, 0.25) is 0 Å². The normalized spacial score (nSPS) is 39.9. The predicted octanol–water partition coefficient (Wildman–Crippen LogP) is 0.413. The third-order valence-corrected chi connectivity index (χ3v) is 3.30. The lowest BCUT2D eigenvalue weighted by molar-refractivity contribution is 0.411. The van der Waals surface area contributed by atoms with E-state index in [9.17, 15) is 0 Å². The Bertz CT molecular complexity index is 154. The lowest BCUT2D eigenvalue weighted by Gasteiger charge is -2.16. The van der Waals surface area contributed by atoms with Crippen LogP contribution in [-0.2, 0) is 0 Å². The zero-order chi connectivity index (χ0) is 9.10. The van der Waals surface area contributed by atoms with Crippen molar-refractivity contribution < 1.29 is 0 Å². The van der Waals surface area contributed by atoms with Crippen molar-refractivity contribution in [3.63, 3.8) is 0 Å². The van der Waals surface area contributed by atoms with Crippen molar-refractivity contribution in [2.45, 2.75) is 44.3 Å². The molecule has 4 N–H and O–H groups in total. The Morgan fingerprint density at radius 1 is 1.31 bits per heavy atom. The third-order valence-electron chi connectivity index (χ3n) is 3.30. The lowest BCUT2D eigenvalue weighted by atomic mass is 10.1. The second-order valence-corrected chi connectivity index (χ2v) is 4.50. The minimum absolute atomic E-state index is 0.475. The summed E-state index contributed by atoms with van der Waals surface area (Å²) in [6, 6.07) is 0.475. The molecule has 1 aliphatic heterocycles. The van der Waals surface area contributed by atoms with Gasteiger partial charge in [0.05, 0.1) is 6.17 Å². The molecule has 2 fully saturated rings. The molecule has 0 aromatic carbocycles. The van der Waals surface area contributed by atoms with E-state index in [-0.39, 0.29) is 0 Å². The Balaban J connectivity index is 1.62. The summed E-state index contributed by atoms with van der Waals surface area (Å²) in [5, 5.41) is 7.03. The van der Waals surface area contributed by atoms with Gasteiger partial charge in [0.25, 0.3) is 0 Å². The van der Waals surface area contributed by atoms with E-state index in [1.54, 1.807) is 0 Å². The highest BCUT2D eigenvalue weighted by Gasteiger charge is 2.22. The van der Waals surface area contributed by atoms with Crippen LogP contribution < -0.4 is 16.4 Å². The summed E-state index contributed by atoms with van der Waals surface area (Å²) in [5.41, 5.74) is 5.87. The number of nitrogens with one attached hydrogen (secondary N) is 2. The van der Waals surface area contributed by atoms with E-state index in [0.29, 0.717) is 12.2 Å². The zero-order valence-electron chi connectivity index (χ0n) is 8.26. The molecular formula is C10H21N3. The summed E-state index contributed by atoms with van der Waals surface area (Å²) in [6.07, 6.45) is 6.96. The fraction of sp³-hybridized carbons (Fsp3) is 1.00. The molecule has 0 amide bonds. The summed E-state index contributed by atoms with van der Waals surface area (Å²) in [7, 11) is 0. The summed E-state index contributed by atoms with van der Waals surface area (Å²) >= 11 is 0. The molecule has 76 valence electrons. The first-order chi connectivity index (χ1) is 6.34. The summed E-state index contributed by atoms with van der Waals surface area (Å²) in [5.74, 6) is 0.831. The van der Waals surface area contributed by atoms with Gasteiger partial charge in [-0.1, -0.05) is 0 Å². The molecule has 0 aromatic heterocycles. The maximum Gasteiger partial charge on any atom is 0.0572 e. The fourth-order valence-corrected chi connectivity index (χ4v) is 2.47. The van der Waals surface area contributed by atoms with Crippen LogP contribution in [-0.4, -0.2) is 25.3 Å². The Kier molecular flexibility index (Phi) is 3.19. The second-order valence-electron chi connectivity index (χ2n) is 4.50. The summed E-state index contributed by atoms with van der Waals surface area (Å²) in [4.78, 5) is 0. The molecule has 13 heavy (non-hydrogen) atoms. The maximum absolute atomic E-state index is 5.87. The van der Waals surface area contributed by atoms with Crippen molar-refractivity contribution in [3.8, 4) is 0 Å². The zero-order valence-corrected chi connectivity index (χ0v) is 8.26. The van der Waals surface area contributed by atoms with E-state index in [4.69, 9.17) is 5.73 Å². The second kappa shape index (κ2) is 4.40. The van der Waals surface area contributed by atoms with Crippen LogP contribution >= 0.6 is 0 Å². The molecule has 3 heteroatoms. The molecule has 2 aliphatic rings. The van der Waals surface area contributed by atoms with Crippen LogP contribution in [0.3, 0.4) is 0 Å². The van der Waals surface area contributed by atoms with E-state index in [1.807, 2.05) is 0 Å². The molecule has 3 unspecified atom stereocenters. The average Bonchev–Trinajstić information content (AvgIpc) is 2.71. The largest absolute Gasteiger partial charge is 0.328 e. The Labute approximate surface area is 80.5 Å². The van der Waals surface area contributed by atoms with Crippen LogP contribution in [0.1, 0.15) is 32.1 Å². The monoisotopic (exact) mass is 183 g/mol. The number of nitrogens with two attached hydrogens (primary N) is 1. The van der Waals surface area contributed by atoms with Crippen LogP contribution in [0.2, 0.25) is 0 Å². The van der Waals surface area contributed by atoms with Gasteiger partial charge in [-0.15, -0.1) is 0 Å². The van der Waals surface area contributed by atoms with Gasteiger partial charge in [-0.25, -0.2) is 0 Å². The third kappa shape index (κ3) is 2.66. The maximum atomic E-state index is 5.87. The van der Waals surface area contributed by atoms with E-state index >= 15 is 0 Å². The average molecular weight is 183 g/mol. The van der Waals surface area contributed by atoms with E-state index in [1.165, 1.54) is 38.6 Å². The Morgan fingerprint density at radius 2 is 2.23 bits per heavy atom. The molecule has 1 saturated heterocycles. The van der Waals surface area contributed by atoms with Gasteiger partial charge in [0.1, 0.15) is 0 Å². The molecule has 3 nitrogen and oxygen atoms in total. The quantitative estimate of drug-likeness (QED) is 0.594. The van der Waals surface area contributed by atoms with E-state index in [0.717, 1.165) is 12.5 Å². The highest BCUT2D eigenvalue weighted by Crippen LogP contribution is 2.23. The molecule has 1 saturated carbocycles. The van der Waals surface area contributed by atoms with Crippen LogP contribution in [0.25, 0.3) is 0 Å². The molecule has 0 aromatic rings. The first kappa shape index (κ1) is 9.44. The van der Waals surface area contributed by atoms with Crippen LogP contribution in [0.15, 0.2) is 0 Å². The summed E-state index contributed by atoms with van der Waals surface area (Å²) in [6.45, 7) is 2.34. The van der Waals surface area contributed by atoms with Gasteiger partial charge >= 0.3 is 0 Å². The van der Waals surface area contributed by atoms with Crippen molar-refractivity contribution in [1.82, 2.24) is 10.6 Å². The van der Waals surface area contributed by atoms with E-state index in [2.05, 4.69) is 10.6 Å². The highest BCUT2D eigenvalue weighted by atomic mass is 15.1. The molecule has 0 bridgehead atoms. The number of hydrogen-bond donors (Lipinski definition) is 3. The van der Waals surface area contributed by atoms with Crippen LogP contribution in [0.5, 0.6) is 0 Å². The fourth-order valence-electron chi connectivity index (χ4n) is 2.47. The number of rotatable bonds is 3. The van der Waals surface area contributed by atoms with Gasteiger partial charge < -0.3 is 16.4 Å². The molecule has 0 radical (unpaired) electrons. The molecule has 0 spiro atoms. The minimum atomic E-state index is 0.475. The Morgan fingerprint density at radius 3 is 2.85 bits per heavy atom. The van der Waals surface area contributed by atoms with Crippen LogP contribution in [0, 0.1) is 5.92 Å². The molecular weight excluding hydrogens is 162 g/mol. The van der Waals surface area contributed by atoms with Crippen molar-refractivity contribution >= 4 is 0 Å². The first-order valence-corrected chi connectivity index (χ1v) is 5.57. The van der Waals surface area contributed by atoms with Crippen molar-refractivity contribution in [2.24, 2.45) is 11.7 Å². The van der Waals surface area contributed by atoms with Crippen LogP contribution in [0.4, 0.5) is 0 Å². The van der Waals surface area contributed by atoms with Crippen molar-refractivity contribution in [1.29, 1.82) is 0 Å². The lowest BCUT2D eigenvalue weighted by Crippen LogP contribution is -2.39. The smallest absolute Gasteiger partial charge is 0.0572 e. The minimum Gasteiger partial charge on any atom is -0.328 e. The van der Waals surface area contributed by atoms with E-state index < -0.39 is 0 Å². The molecule has 2 rings (SSSR count). The standard InChI is InChI=1S/C10H21N3/c11-9-4-3-8(6-9)7-13-10-2-1-5-12-10/h8-10,12-13H,1-7,11H2. The van der Waals surface area contributed by atoms with Crippen molar-refractivity contribution in [2.75, 3.05) is 13.1 Å². The summed E-state index contributed by atoms with van der Waals surface area (Å²) < 4.78 is 0. The first-order valence-electron chi connectivity index (χ1n) is 5.57. The van der Waals surface area contributed by atoms with Gasteiger partial charge in [0.15, 0.2) is 0 Å². The Hall–Kier alpha value is -0.120. The van der Waals surface area contributed by atoms with Gasteiger partial charge in [-0.05, 0) is 51.1 Å². The SMILES string of the molecule is NC1CCC(CNC2CCCN2)C1. The van der Waals surface area contributed by atoms with Gasteiger partial charge in [-0.3, -0.25) is 0 Å². The number of hydrogen-bond acceptors (Lipinski definition) is 3. The molecule has 1 heterocycles. The van der Waals surface area contributed by atoms with Gasteiger partial charge in [0, 0.05) is 6.04 Å². The highest BCUT2D eigenvalue weighted by molar-refractivity contribution is 4.81. The van der Waals surface area contributed by atoms with Crippen molar-refractivity contribution in [3.05, 3.63) is 0 Å².